The number of carbonyl (C=O) groups excluding carboxylic acids is 1. The fraction of sp³-hybridized carbons (Fsp3) is 0.150. The number of amides is 1. The maximum absolute atomic E-state index is 12.2. The van der Waals surface area contributed by atoms with Crippen molar-refractivity contribution in [3.63, 3.8) is 0 Å². The molecule has 0 atom stereocenters. The van der Waals surface area contributed by atoms with Crippen molar-refractivity contribution in [3.05, 3.63) is 66.7 Å². The zero-order valence-electron chi connectivity index (χ0n) is 14.1. The highest BCUT2D eigenvalue weighted by molar-refractivity contribution is 5.91. The summed E-state index contributed by atoms with van der Waals surface area (Å²) in [6.07, 6.45) is 0.416. The van der Waals surface area contributed by atoms with Gasteiger partial charge in [0.05, 0.1) is 11.4 Å². The molecule has 1 aromatic heterocycles. The number of carboxylic acids is 1. The Morgan fingerprint density at radius 1 is 0.962 bits per heavy atom. The minimum atomic E-state index is -0.904. The van der Waals surface area contributed by atoms with Crippen LogP contribution in [-0.4, -0.2) is 26.8 Å². The van der Waals surface area contributed by atoms with E-state index in [0.717, 1.165) is 16.9 Å². The van der Waals surface area contributed by atoms with Crippen molar-refractivity contribution in [2.75, 3.05) is 5.32 Å². The largest absolute Gasteiger partial charge is 0.481 e. The van der Waals surface area contributed by atoms with E-state index in [1.54, 1.807) is 4.68 Å². The summed E-state index contributed by atoms with van der Waals surface area (Å²) < 4.78 is 1.68. The second-order valence-electron chi connectivity index (χ2n) is 5.82. The number of anilines is 1. The van der Waals surface area contributed by atoms with E-state index >= 15 is 0 Å². The van der Waals surface area contributed by atoms with Crippen molar-refractivity contribution < 1.29 is 14.7 Å². The molecule has 0 unspecified atom stereocenters. The number of aromatic nitrogens is 2. The molecule has 3 rings (SSSR count). The van der Waals surface area contributed by atoms with Gasteiger partial charge < -0.3 is 10.4 Å². The Bertz CT molecular complexity index is 889. The van der Waals surface area contributed by atoms with Crippen molar-refractivity contribution >= 4 is 17.7 Å². The zero-order chi connectivity index (χ0) is 18.4. The minimum absolute atomic E-state index is 0.0272. The highest BCUT2D eigenvalue weighted by Gasteiger charge is 2.14. The number of nitrogens with one attached hydrogen (secondary N) is 1. The molecule has 0 bridgehead atoms. The van der Waals surface area contributed by atoms with Gasteiger partial charge in [-0.15, -0.1) is 0 Å². The molecule has 2 aromatic carbocycles. The topological polar surface area (TPSA) is 84.2 Å². The normalized spacial score (nSPS) is 10.5. The number of hydrogen-bond donors (Lipinski definition) is 2. The molecule has 2 N–H and O–H groups in total. The molecular formula is C20H19N3O3. The summed E-state index contributed by atoms with van der Waals surface area (Å²) in [5.74, 6) is -0.586. The van der Waals surface area contributed by atoms with E-state index in [-0.39, 0.29) is 18.7 Å². The van der Waals surface area contributed by atoms with Crippen molar-refractivity contribution in [3.8, 4) is 16.9 Å². The second kappa shape index (κ2) is 8.11. The molecule has 26 heavy (non-hydrogen) atoms. The first-order chi connectivity index (χ1) is 12.6. The van der Waals surface area contributed by atoms with Crippen LogP contribution in [0.3, 0.4) is 0 Å². The molecule has 6 nitrogen and oxygen atoms in total. The van der Waals surface area contributed by atoms with Crippen LogP contribution in [0, 0.1) is 0 Å². The lowest BCUT2D eigenvalue weighted by molar-refractivity contribution is -0.137. The lowest BCUT2D eigenvalue weighted by Crippen LogP contribution is -2.15. The van der Waals surface area contributed by atoms with Gasteiger partial charge >= 0.3 is 5.97 Å². The first kappa shape index (κ1) is 17.4. The first-order valence-electron chi connectivity index (χ1n) is 8.36. The third-order valence-electron chi connectivity index (χ3n) is 3.84. The maximum atomic E-state index is 12.2. The molecule has 0 spiro atoms. The molecule has 132 valence electrons. The van der Waals surface area contributed by atoms with E-state index in [0.29, 0.717) is 12.2 Å². The molecule has 0 radical (unpaired) electrons. The fourth-order valence-corrected chi connectivity index (χ4v) is 2.59. The van der Waals surface area contributed by atoms with E-state index in [1.165, 1.54) is 0 Å². The minimum Gasteiger partial charge on any atom is -0.481 e. The van der Waals surface area contributed by atoms with Gasteiger partial charge in [-0.2, -0.15) is 5.10 Å². The molecule has 0 saturated carbocycles. The fourth-order valence-electron chi connectivity index (χ4n) is 2.59. The SMILES string of the molecule is O=C(O)CCCC(=O)Nc1cc(-c2ccccc2)nn1-c1ccccc1. The van der Waals surface area contributed by atoms with Gasteiger partial charge in [0.2, 0.25) is 5.91 Å². The Labute approximate surface area is 151 Å². The molecule has 3 aromatic rings. The predicted octanol–water partition coefficient (Wildman–Crippen LogP) is 3.73. The molecule has 0 aliphatic carbocycles. The van der Waals surface area contributed by atoms with E-state index in [4.69, 9.17) is 5.11 Å². The summed E-state index contributed by atoms with van der Waals surface area (Å²) in [4.78, 5) is 22.8. The Balaban J connectivity index is 1.86. The third-order valence-corrected chi connectivity index (χ3v) is 3.84. The number of nitrogens with zero attached hydrogens (tertiary/aromatic N) is 2. The Kier molecular flexibility index (Phi) is 5.43. The van der Waals surface area contributed by atoms with Crippen molar-refractivity contribution in [1.29, 1.82) is 0 Å². The molecular weight excluding hydrogens is 330 g/mol. The molecule has 1 heterocycles. The smallest absolute Gasteiger partial charge is 0.303 e. The number of aliphatic carboxylic acids is 1. The van der Waals surface area contributed by atoms with Crippen molar-refractivity contribution in [1.82, 2.24) is 9.78 Å². The Morgan fingerprint density at radius 2 is 1.62 bits per heavy atom. The summed E-state index contributed by atoms with van der Waals surface area (Å²) >= 11 is 0. The maximum Gasteiger partial charge on any atom is 0.303 e. The number of rotatable bonds is 7. The molecule has 6 heteroatoms. The third kappa shape index (κ3) is 4.36. The lowest BCUT2D eigenvalue weighted by Gasteiger charge is -2.08. The van der Waals surface area contributed by atoms with Crippen LogP contribution >= 0.6 is 0 Å². The second-order valence-corrected chi connectivity index (χ2v) is 5.82. The van der Waals surface area contributed by atoms with Crippen LogP contribution in [0.4, 0.5) is 5.82 Å². The summed E-state index contributed by atoms with van der Waals surface area (Å²) in [7, 11) is 0. The first-order valence-corrected chi connectivity index (χ1v) is 8.36. The monoisotopic (exact) mass is 349 g/mol. The van der Waals surface area contributed by atoms with E-state index in [9.17, 15) is 9.59 Å². The molecule has 1 amide bonds. The van der Waals surface area contributed by atoms with Gasteiger partial charge in [-0.05, 0) is 18.6 Å². The summed E-state index contributed by atoms with van der Waals surface area (Å²) in [5, 5.41) is 16.2. The number of benzene rings is 2. The van der Waals surface area contributed by atoms with Crippen LogP contribution in [0.1, 0.15) is 19.3 Å². The number of hydrogen-bond acceptors (Lipinski definition) is 3. The predicted molar refractivity (Wildman–Crippen MR) is 99.1 cm³/mol. The van der Waals surface area contributed by atoms with Gasteiger partial charge in [0, 0.05) is 24.5 Å². The van der Waals surface area contributed by atoms with Gasteiger partial charge in [-0.1, -0.05) is 48.5 Å². The lowest BCUT2D eigenvalue weighted by atomic mass is 10.1. The van der Waals surface area contributed by atoms with Crippen LogP contribution in [0.25, 0.3) is 16.9 Å². The van der Waals surface area contributed by atoms with Gasteiger partial charge in [-0.25, -0.2) is 4.68 Å². The number of para-hydroxylation sites is 1. The summed E-state index contributed by atoms with van der Waals surface area (Å²) in [5.41, 5.74) is 2.52. The van der Waals surface area contributed by atoms with Crippen LogP contribution in [0.15, 0.2) is 66.7 Å². The van der Waals surface area contributed by atoms with Gasteiger partial charge in [0.15, 0.2) is 0 Å². The standard InChI is InChI=1S/C20H19N3O3/c24-19(12-7-13-20(25)26)21-18-14-17(15-8-3-1-4-9-15)22-23(18)16-10-5-2-6-11-16/h1-6,8-11,14H,7,12-13H2,(H,21,24)(H,25,26). The Hall–Kier alpha value is -3.41. The van der Waals surface area contributed by atoms with Crippen LogP contribution in [0.2, 0.25) is 0 Å². The quantitative estimate of drug-likeness (QED) is 0.681. The average Bonchev–Trinajstić information content (AvgIpc) is 3.06. The highest BCUT2D eigenvalue weighted by atomic mass is 16.4. The molecule has 0 fully saturated rings. The Morgan fingerprint density at radius 3 is 2.27 bits per heavy atom. The van der Waals surface area contributed by atoms with Crippen molar-refractivity contribution in [2.24, 2.45) is 0 Å². The van der Waals surface area contributed by atoms with Crippen LogP contribution < -0.4 is 5.32 Å². The van der Waals surface area contributed by atoms with E-state index in [2.05, 4.69) is 10.4 Å². The molecule has 0 saturated heterocycles. The average molecular weight is 349 g/mol. The van der Waals surface area contributed by atoms with Gasteiger partial charge in [0.25, 0.3) is 0 Å². The summed E-state index contributed by atoms with van der Waals surface area (Å²) in [6, 6.07) is 21.0. The molecule has 0 aliphatic rings. The number of carboxylic acid groups (broad SMARTS) is 1. The van der Waals surface area contributed by atoms with Crippen LogP contribution in [0.5, 0.6) is 0 Å². The van der Waals surface area contributed by atoms with Crippen molar-refractivity contribution in [2.45, 2.75) is 19.3 Å². The molecule has 0 aliphatic heterocycles. The highest BCUT2D eigenvalue weighted by Crippen LogP contribution is 2.24. The summed E-state index contributed by atoms with van der Waals surface area (Å²) in [6.45, 7) is 0. The van der Waals surface area contributed by atoms with E-state index < -0.39 is 5.97 Å². The van der Waals surface area contributed by atoms with Gasteiger partial charge in [-0.3, -0.25) is 9.59 Å². The zero-order valence-corrected chi connectivity index (χ0v) is 14.1. The van der Waals surface area contributed by atoms with Crippen LogP contribution in [-0.2, 0) is 9.59 Å². The number of carbonyl (C=O) groups is 2. The van der Waals surface area contributed by atoms with Gasteiger partial charge in [0.1, 0.15) is 5.82 Å². The van der Waals surface area contributed by atoms with E-state index in [1.807, 2.05) is 66.7 Å².